The van der Waals surface area contributed by atoms with E-state index in [2.05, 4.69) is 0 Å². The number of ketones is 1. The van der Waals surface area contributed by atoms with Gasteiger partial charge in [0.05, 0.1) is 6.61 Å². The van der Waals surface area contributed by atoms with Gasteiger partial charge in [0.1, 0.15) is 5.75 Å². The van der Waals surface area contributed by atoms with E-state index >= 15 is 0 Å². The van der Waals surface area contributed by atoms with Crippen LogP contribution in [0.5, 0.6) is 5.75 Å². The molecule has 2 aromatic rings. The number of anilines is 1. The molecule has 0 saturated carbocycles. The van der Waals surface area contributed by atoms with Crippen LogP contribution in [0.15, 0.2) is 42.5 Å². The molecule has 0 unspecified atom stereocenters. The van der Waals surface area contributed by atoms with Crippen LogP contribution in [0.4, 0.5) is 5.69 Å². The molecule has 0 aliphatic carbocycles. The minimum Gasteiger partial charge on any atom is -0.493 e. The minimum atomic E-state index is 0.000624. The fraction of sp³-hybridized carbons (Fsp3) is 0.188. The van der Waals surface area contributed by atoms with Crippen molar-refractivity contribution in [3.8, 4) is 5.75 Å². The van der Waals surface area contributed by atoms with E-state index in [9.17, 15) is 4.79 Å². The zero-order chi connectivity index (χ0) is 13.2. The van der Waals surface area contributed by atoms with Crippen LogP contribution in [-0.4, -0.2) is 12.4 Å². The summed E-state index contributed by atoms with van der Waals surface area (Å²) < 4.78 is 5.55. The first-order chi connectivity index (χ1) is 9.24. The summed E-state index contributed by atoms with van der Waals surface area (Å²) in [6.45, 7) is 0.759. The van der Waals surface area contributed by atoms with Gasteiger partial charge in [-0.2, -0.15) is 0 Å². The fourth-order valence-electron chi connectivity index (χ4n) is 2.35. The molecule has 0 radical (unpaired) electrons. The Balaban J connectivity index is 1.96. The molecule has 96 valence electrons. The highest BCUT2D eigenvalue weighted by atomic mass is 16.5. The summed E-state index contributed by atoms with van der Waals surface area (Å²) in [6.07, 6.45) is 1.97. The topological polar surface area (TPSA) is 52.3 Å². The van der Waals surface area contributed by atoms with Crippen LogP contribution in [-0.2, 0) is 6.42 Å². The average molecular weight is 253 g/mol. The summed E-state index contributed by atoms with van der Waals surface area (Å²) in [5.41, 5.74) is 8.74. The highest BCUT2D eigenvalue weighted by molar-refractivity contribution is 6.09. The summed E-state index contributed by atoms with van der Waals surface area (Å²) in [7, 11) is 0. The quantitative estimate of drug-likeness (QED) is 0.661. The number of ether oxygens (including phenoxy) is 1. The predicted octanol–water partition coefficient (Wildman–Crippen LogP) is 2.82. The summed E-state index contributed by atoms with van der Waals surface area (Å²) in [5.74, 6) is 0.899. The molecule has 2 N–H and O–H groups in total. The number of nitrogen functional groups attached to an aromatic ring is 1. The van der Waals surface area contributed by atoms with E-state index in [0.717, 1.165) is 30.8 Å². The molecule has 1 heterocycles. The smallest absolute Gasteiger partial charge is 0.193 e. The van der Waals surface area contributed by atoms with Gasteiger partial charge >= 0.3 is 0 Å². The largest absolute Gasteiger partial charge is 0.493 e. The Morgan fingerprint density at radius 1 is 1.11 bits per heavy atom. The normalized spacial score (nSPS) is 13.5. The second-order valence-corrected chi connectivity index (χ2v) is 4.73. The number of fused-ring (bicyclic) bond motifs is 1. The van der Waals surface area contributed by atoms with E-state index in [0.29, 0.717) is 16.8 Å². The fourth-order valence-corrected chi connectivity index (χ4v) is 2.35. The van der Waals surface area contributed by atoms with E-state index in [1.54, 1.807) is 24.3 Å². The molecule has 3 rings (SSSR count). The first kappa shape index (κ1) is 11.8. The molecule has 0 bridgehead atoms. The Bertz CT molecular complexity index is 634. The number of hydrogen-bond acceptors (Lipinski definition) is 3. The van der Waals surface area contributed by atoms with E-state index in [1.165, 1.54) is 0 Å². The van der Waals surface area contributed by atoms with Crippen molar-refractivity contribution in [2.45, 2.75) is 12.8 Å². The zero-order valence-corrected chi connectivity index (χ0v) is 10.6. The second kappa shape index (κ2) is 4.76. The van der Waals surface area contributed by atoms with E-state index in [1.807, 2.05) is 18.2 Å². The van der Waals surface area contributed by atoms with Gasteiger partial charge in [0, 0.05) is 16.8 Å². The van der Waals surface area contributed by atoms with Crippen LogP contribution in [0.2, 0.25) is 0 Å². The van der Waals surface area contributed by atoms with Crippen LogP contribution in [0, 0.1) is 0 Å². The van der Waals surface area contributed by atoms with Crippen molar-refractivity contribution in [1.82, 2.24) is 0 Å². The molecule has 19 heavy (non-hydrogen) atoms. The van der Waals surface area contributed by atoms with E-state index in [4.69, 9.17) is 10.5 Å². The number of nitrogens with two attached hydrogens (primary N) is 1. The van der Waals surface area contributed by atoms with Crippen molar-refractivity contribution >= 4 is 11.5 Å². The van der Waals surface area contributed by atoms with Gasteiger partial charge in [0.15, 0.2) is 5.78 Å². The molecule has 0 atom stereocenters. The maximum Gasteiger partial charge on any atom is 0.193 e. The van der Waals surface area contributed by atoms with E-state index in [-0.39, 0.29) is 5.78 Å². The number of aryl methyl sites for hydroxylation is 1. The van der Waals surface area contributed by atoms with Crippen molar-refractivity contribution in [1.29, 1.82) is 0 Å². The lowest BCUT2D eigenvalue weighted by molar-refractivity contribution is 0.103. The third-order valence-corrected chi connectivity index (χ3v) is 3.32. The standard InChI is InChI=1S/C16H15NO2/c17-14-5-1-3-12(10-14)16(18)13-6-7-15-11(9-13)4-2-8-19-15/h1,3,5-7,9-10H,2,4,8,17H2. The first-order valence-corrected chi connectivity index (χ1v) is 6.40. The predicted molar refractivity (Wildman–Crippen MR) is 74.5 cm³/mol. The molecule has 3 nitrogen and oxygen atoms in total. The molecule has 0 saturated heterocycles. The molecule has 0 aromatic heterocycles. The van der Waals surface area contributed by atoms with Gasteiger partial charge < -0.3 is 10.5 Å². The SMILES string of the molecule is Nc1cccc(C(=O)c2ccc3c(c2)CCCO3)c1. The first-order valence-electron chi connectivity index (χ1n) is 6.40. The van der Waals surface area contributed by atoms with Crippen LogP contribution < -0.4 is 10.5 Å². The molecule has 0 fully saturated rings. The number of carbonyl (C=O) groups is 1. The Hall–Kier alpha value is -2.29. The number of rotatable bonds is 2. The Morgan fingerprint density at radius 3 is 2.79 bits per heavy atom. The third kappa shape index (κ3) is 2.32. The Labute approximate surface area is 112 Å². The summed E-state index contributed by atoms with van der Waals surface area (Å²) >= 11 is 0. The second-order valence-electron chi connectivity index (χ2n) is 4.73. The van der Waals surface area contributed by atoms with Gasteiger partial charge in [-0.3, -0.25) is 4.79 Å². The number of carbonyl (C=O) groups excluding carboxylic acids is 1. The highest BCUT2D eigenvalue weighted by Crippen LogP contribution is 2.26. The lowest BCUT2D eigenvalue weighted by Gasteiger charge is -2.17. The molecular formula is C16H15NO2. The molecular weight excluding hydrogens is 238 g/mol. The minimum absolute atomic E-state index is 0.000624. The lowest BCUT2D eigenvalue weighted by atomic mass is 9.98. The van der Waals surface area contributed by atoms with Gasteiger partial charge in [0.2, 0.25) is 0 Å². The van der Waals surface area contributed by atoms with Crippen molar-refractivity contribution in [3.05, 3.63) is 59.2 Å². The monoisotopic (exact) mass is 253 g/mol. The van der Waals surface area contributed by atoms with Gasteiger partial charge in [-0.15, -0.1) is 0 Å². The Morgan fingerprint density at radius 2 is 1.95 bits per heavy atom. The lowest BCUT2D eigenvalue weighted by Crippen LogP contribution is -2.10. The van der Waals surface area contributed by atoms with Gasteiger partial charge in [0.25, 0.3) is 0 Å². The molecule has 2 aromatic carbocycles. The van der Waals surface area contributed by atoms with Crippen LogP contribution in [0.25, 0.3) is 0 Å². The molecule has 0 spiro atoms. The number of hydrogen-bond donors (Lipinski definition) is 1. The van der Waals surface area contributed by atoms with Crippen LogP contribution in [0.1, 0.15) is 27.9 Å². The van der Waals surface area contributed by atoms with Crippen molar-refractivity contribution in [2.24, 2.45) is 0 Å². The van der Waals surface area contributed by atoms with Crippen molar-refractivity contribution < 1.29 is 9.53 Å². The highest BCUT2D eigenvalue weighted by Gasteiger charge is 2.15. The van der Waals surface area contributed by atoms with Gasteiger partial charge in [-0.25, -0.2) is 0 Å². The summed E-state index contributed by atoms with van der Waals surface area (Å²) in [4.78, 5) is 12.4. The molecule has 1 aliphatic rings. The Kier molecular flexibility index (Phi) is 2.95. The number of benzene rings is 2. The summed E-state index contributed by atoms with van der Waals surface area (Å²) in [5, 5.41) is 0. The van der Waals surface area contributed by atoms with Crippen molar-refractivity contribution in [2.75, 3.05) is 12.3 Å². The maximum atomic E-state index is 12.4. The van der Waals surface area contributed by atoms with Gasteiger partial charge in [-0.1, -0.05) is 12.1 Å². The maximum absolute atomic E-state index is 12.4. The van der Waals surface area contributed by atoms with E-state index < -0.39 is 0 Å². The van der Waals surface area contributed by atoms with Crippen molar-refractivity contribution in [3.63, 3.8) is 0 Å². The molecule has 1 aliphatic heterocycles. The summed E-state index contributed by atoms with van der Waals surface area (Å²) in [6, 6.07) is 12.7. The molecule has 3 heteroatoms. The zero-order valence-electron chi connectivity index (χ0n) is 10.6. The van der Waals surface area contributed by atoms with Gasteiger partial charge in [-0.05, 0) is 48.7 Å². The third-order valence-electron chi connectivity index (χ3n) is 3.32. The van der Waals surface area contributed by atoms with Crippen LogP contribution >= 0.6 is 0 Å². The average Bonchev–Trinajstić information content (AvgIpc) is 2.46. The van der Waals surface area contributed by atoms with Crippen LogP contribution in [0.3, 0.4) is 0 Å². The molecule has 0 amide bonds.